The van der Waals surface area contributed by atoms with Crippen LogP contribution >= 0.6 is 0 Å². The SMILES string of the molecule is Cc1ccccc1NC(=O)O[C@H]1CNC[C@H]1Nc1ccc2cnccc2c1. The Hall–Kier alpha value is -3.12. The number of carbonyl (C=O) groups excluding carboxylic acids is 1. The first kappa shape index (κ1) is 17.3. The smallest absolute Gasteiger partial charge is 0.412 e. The third-order valence-corrected chi connectivity index (χ3v) is 4.79. The second-order valence-corrected chi connectivity index (χ2v) is 6.73. The van der Waals surface area contributed by atoms with Gasteiger partial charge in [0.2, 0.25) is 0 Å². The van der Waals surface area contributed by atoms with Crippen LogP contribution < -0.4 is 16.0 Å². The summed E-state index contributed by atoms with van der Waals surface area (Å²) >= 11 is 0. The van der Waals surface area contributed by atoms with E-state index in [1.807, 2.05) is 55.6 Å². The molecule has 1 amide bonds. The Morgan fingerprint density at radius 3 is 2.93 bits per heavy atom. The molecule has 2 atom stereocenters. The Labute approximate surface area is 157 Å². The number of aromatic nitrogens is 1. The maximum Gasteiger partial charge on any atom is 0.412 e. The fraction of sp³-hybridized carbons (Fsp3) is 0.238. The first-order valence-corrected chi connectivity index (χ1v) is 9.03. The Balaban J connectivity index is 1.41. The van der Waals surface area contributed by atoms with E-state index in [1.165, 1.54) is 0 Å². The largest absolute Gasteiger partial charge is 0.442 e. The summed E-state index contributed by atoms with van der Waals surface area (Å²) in [5.74, 6) is 0. The molecule has 1 aliphatic rings. The van der Waals surface area contributed by atoms with Gasteiger partial charge in [0.05, 0.1) is 6.04 Å². The summed E-state index contributed by atoms with van der Waals surface area (Å²) in [6.45, 7) is 3.30. The van der Waals surface area contributed by atoms with Crippen molar-refractivity contribution < 1.29 is 9.53 Å². The van der Waals surface area contributed by atoms with Gasteiger partial charge in [-0.3, -0.25) is 10.3 Å². The molecule has 3 aromatic rings. The zero-order chi connectivity index (χ0) is 18.6. The molecule has 1 aromatic heterocycles. The lowest BCUT2D eigenvalue weighted by Crippen LogP contribution is -2.37. The highest BCUT2D eigenvalue weighted by Crippen LogP contribution is 2.21. The number of ether oxygens (including phenoxy) is 1. The summed E-state index contributed by atoms with van der Waals surface area (Å²) in [5.41, 5.74) is 2.76. The zero-order valence-electron chi connectivity index (χ0n) is 15.1. The van der Waals surface area contributed by atoms with Crippen molar-refractivity contribution in [1.82, 2.24) is 10.3 Å². The molecule has 1 fully saturated rings. The van der Waals surface area contributed by atoms with Crippen molar-refractivity contribution in [2.45, 2.75) is 19.1 Å². The predicted octanol–water partition coefficient (Wildman–Crippen LogP) is 3.54. The van der Waals surface area contributed by atoms with Gasteiger partial charge in [-0.05, 0) is 42.1 Å². The van der Waals surface area contributed by atoms with Crippen molar-refractivity contribution in [2.75, 3.05) is 23.7 Å². The van der Waals surface area contributed by atoms with E-state index >= 15 is 0 Å². The van der Waals surface area contributed by atoms with E-state index in [9.17, 15) is 4.79 Å². The Morgan fingerprint density at radius 1 is 1.15 bits per heavy atom. The normalized spacial score (nSPS) is 19.0. The molecule has 1 aliphatic heterocycles. The molecule has 3 N–H and O–H groups in total. The highest BCUT2D eigenvalue weighted by molar-refractivity contribution is 5.86. The molecule has 0 aliphatic carbocycles. The second kappa shape index (κ2) is 7.63. The lowest BCUT2D eigenvalue weighted by Gasteiger charge is -2.22. The van der Waals surface area contributed by atoms with Crippen LogP contribution in [0.3, 0.4) is 0 Å². The molecule has 2 aromatic carbocycles. The quantitative estimate of drug-likeness (QED) is 0.662. The van der Waals surface area contributed by atoms with Crippen LogP contribution in [0.15, 0.2) is 60.9 Å². The lowest BCUT2D eigenvalue weighted by molar-refractivity contribution is 0.116. The number of benzene rings is 2. The number of amides is 1. The molecule has 2 heterocycles. The average Bonchev–Trinajstić information content (AvgIpc) is 3.10. The molecule has 0 saturated carbocycles. The van der Waals surface area contributed by atoms with Gasteiger partial charge in [-0.15, -0.1) is 0 Å². The first-order valence-electron chi connectivity index (χ1n) is 9.03. The van der Waals surface area contributed by atoms with E-state index in [4.69, 9.17) is 4.74 Å². The molecular formula is C21H22N4O2. The molecule has 6 nitrogen and oxygen atoms in total. The van der Waals surface area contributed by atoms with Crippen molar-refractivity contribution in [1.29, 1.82) is 0 Å². The standard InChI is InChI=1S/C21H22N4O2/c1-14-4-2-3-5-18(14)25-21(26)27-20-13-23-12-19(20)24-17-7-6-16-11-22-9-8-15(16)10-17/h2-11,19-20,23-24H,12-13H2,1H3,(H,25,26)/t19-,20+/m1/s1. The molecular weight excluding hydrogens is 340 g/mol. The van der Waals surface area contributed by atoms with Crippen molar-refractivity contribution >= 4 is 28.2 Å². The number of hydrogen-bond donors (Lipinski definition) is 3. The van der Waals surface area contributed by atoms with Gasteiger partial charge >= 0.3 is 6.09 Å². The molecule has 1 saturated heterocycles. The number of hydrogen-bond acceptors (Lipinski definition) is 5. The maximum atomic E-state index is 12.3. The highest BCUT2D eigenvalue weighted by atomic mass is 16.6. The predicted molar refractivity (Wildman–Crippen MR) is 107 cm³/mol. The number of aryl methyl sites for hydroxylation is 1. The van der Waals surface area contributed by atoms with Crippen molar-refractivity contribution in [3.05, 3.63) is 66.5 Å². The Kier molecular flexibility index (Phi) is 4.89. The fourth-order valence-electron chi connectivity index (χ4n) is 3.30. The topological polar surface area (TPSA) is 75.3 Å². The number of anilines is 2. The van der Waals surface area contributed by atoms with Gasteiger partial charge in [0, 0.05) is 42.2 Å². The van der Waals surface area contributed by atoms with Crippen LogP contribution in [-0.2, 0) is 4.74 Å². The average molecular weight is 362 g/mol. The number of nitrogens with zero attached hydrogens (tertiary/aromatic N) is 1. The molecule has 0 bridgehead atoms. The number of nitrogens with one attached hydrogen (secondary N) is 3. The molecule has 27 heavy (non-hydrogen) atoms. The van der Waals surface area contributed by atoms with Gasteiger partial charge in [0.1, 0.15) is 6.10 Å². The van der Waals surface area contributed by atoms with Gasteiger partial charge in [-0.25, -0.2) is 4.79 Å². The molecule has 4 rings (SSSR count). The summed E-state index contributed by atoms with van der Waals surface area (Å²) in [6, 6.07) is 15.8. The maximum absolute atomic E-state index is 12.3. The molecule has 0 unspecified atom stereocenters. The van der Waals surface area contributed by atoms with Crippen LogP contribution in [0.4, 0.5) is 16.2 Å². The minimum atomic E-state index is -0.436. The minimum Gasteiger partial charge on any atom is -0.442 e. The van der Waals surface area contributed by atoms with Gasteiger partial charge in [0.15, 0.2) is 0 Å². The summed E-state index contributed by atoms with van der Waals surface area (Å²) < 4.78 is 5.66. The number of rotatable bonds is 4. The molecule has 0 radical (unpaired) electrons. The number of para-hydroxylation sites is 1. The van der Waals surface area contributed by atoms with Crippen LogP contribution in [0.5, 0.6) is 0 Å². The third-order valence-electron chi connectivity index (χ3n) is 4.79. The Morgan fingerprint density at radius 2 is 2.04 bits per heavy atom. The van der Waals surface area contributed by atoms with Crippen molar-refractivity contribution in [3.8, 4) is 0 Å². The van der Waals surface area contributed by atoms with E-state index in [-0.39, 0.29) is 12.1 Å². The first-order chi connectivity index (χ1) is 13.2. The van der Waals surface area contributed by atoms with E-state index in [1.54, 1.807) is 6.20 Å². The number of fused-ring (bicyclic) bond motifs is 1. The van der Waals surface area contributed by atoms with Crippen LogP contribution in [0.1, 0.15) is 5.56 Å². The summed E-state index contributed by atoms with van der Waals surface area (Å²) in [4.78, 5) is 16.4. The monoisotopic (exact) mass is 362 g/mol. The summed E-state index contributed by atoms with van der Waals surface area (Å²) in [6.07, 6.45) is 2.94. The number of carbonyl (C=O) groups is 1. The summed E-state index contributed by atoms with van der Waals surface area (Å²) in [7, 11) is 0. The minimum absolute atomic E-state index is 0.00640. The molecule has 138 valence electrons. The Bertz CT molecular complexity index is 960. The highest BCUT2D eigenvalue weighted by Gasteiger charge is 2.30. The van der Waals surface area contributed by atoms with Crippen molar-refractivity contribution in [3.63, 3.8) is 0 Å². The van der Waals surface area contributed by atoms with Gasteiger partial charge in [-0.1, -0.05) is 24.3 Å². The van der Waals surface area contributed by atoms with E-state index in [0.717, 1.165) is 34.3 Å². The van der Waals surface area contributed by atoms with E-state index in [0.29, 0.717) is 6.54 Å². The van der Waals surface area contributed by atoms with Crippen molar-refractivity contribution in [2.24, 2.45) is 0 Å². The van der Waals surface area contributed by atoms with Crippen LogP contribution in [0.25, 0.3) is 10.8 Å². The van der Waals surface area contributed by atoms with Gasteiger partial charge in [-0.2, -0.15) is 0 Å². The lowest BCUT2D eigenvalue weighted by atomic mass is 10.1. The van der Waals surface area contributed by atoms with Crippen LogP contribution in [0, 0.1) is 6.92 Å². The fourth-order valence-corrected chi connectivity index (χ4v) is 3.30. The molecule has 6 heteroatoms. The van der Waals surface area contributed by atoms with Gasteiger partial charge in [0.25, 0.3) is 0 Å². The molecule has 0 spiro atoms. The van der Waals surface area contributed by atoms with E-state index in [2.05, 4.69) is 27.0 Å². The number of pyridine rings is 1. The second-order valence-electron chi connectivity index (χ2n) is 6.73. The van der Waals surface area contributed by atoms with E-state index < -0.39 is 6.09 Å². The van der Waals surface area contributed by atoms with Crippen LogP contribution in [0.2, 0.25) is 0 Å². The van der Waals surface area contributed by atoms with Crippen LogP contribution in [-0.4, -0.2) is 36.3 Å². The van der Waals surface area contributed by atoms with Gasteiger partial charge < -0.3 is 15.4 Å². The summed E-state index contributed by atoms with van der Waals surface area (Å²) in [5, 5.41) is 11.8. The third kappa shape index (κ3) is 4.01. The zero-order valence-corrected chi connectivity index (χ0v) is 15.1.